The Kier molecular flexibility index (Phi) is 12.3. The van der Waals surface area contributed by atoms with Crippen LogP contribution < -0.4 is 4.90 Å². The van der Waals surface area contributed by atoms with Crippen LogP contribution in [0.1, 0.15) is 64.7 Å². The van der Waals surface area contributed by atoms with Crippen molar-refractivity contribution in [1.82, 2.24) is 4.57 Å². The zero-order chi connectivity index (χ0) is 39.3. The van der Waals surface area contributed by atoms with Crippen molar-refractivity contribution >= 4 is 41.9 Å². The fourth-order valence-electron chi connectivity index (χ4n) is 6.34. The second kappa shape index (κ2) is 16.6. The second-order valence-corrected chi connectivity index (χ2v) is 18.3. The number of ether oxygens (including phenoxy) is 2. The molecule has 0 bridgehead atoms. The zero-order valence-electron chi connectivity index (χ0n) is 32.2. The molecule has 0 saturated carbocycles. The number of fused-ring (bicyclic) bond motifs is 1. The van der Waals surface area contributed by atoms with E-state index in [1.165, 1.54) is 9.47 Å². The Bertz CT molecular complexity index is 2150. The third kappa shape index (κ3) is 10.6. The molecule has 5 aromatic rings. The number of amides is 1. The Morgan fingerprint density at radius 1 is 0.778 bits per heavy atom. The van der Waals surface area contributed by atoms with Gasteiger partial charge in [-0.2, -0.15) is 0 Å². The normalized spacial score (nSPS) is 13.6. The molecule has 54 heavy (non-hydrogen) atoms. The van der Waals surface area contributed by atoms with Crippen LogP contribution in [-0.4, -0.2) is 57.0 Å². The molecule has 1 amide bonds. The number of aromatic nitrogens is 1. The number of carbonyl (C=O) groups excluding carboxylic acids is 3. The first kappa shape index (κ1) is 40.2. The summed E-state index contributed by atoms with van der Waals surface area (Å²) in [7, 11) is -3.74. The van der Waals surface area contributed by atoms with Crippen LogP contribution in [0, 0.1) is 6.92 Å². The van der Waals surface area contributed by atoms with Gasteiger partial charge in [0.15, 0.2) is 0 Å². The maximum Gasteiger partial charge on any atom is 0.419 e. The van der Waals surface area contributed by atoms with Crippen LogP contribution in [0.5, 0.6) is 0 Å². The van der Waals surface area contributed by atoms with Crippen molar-refractivity contribution in [2.24, 2.45) is 0 Å². The van der Waals surface area contributed by atoms with Gasteiger partial charge in [-0.05, 0) is 94.8 Å². The van der Waals surface area contributed by atoms with E-state index in [0.717, 1.165) is 22.3 Å². The number of nitrogens with zero attached hydrogens (tertiary/aromatic N) is 2. The molecule has 0 aliphatic carbocycles. The summed E-state index contributed by atoms with van der Waals surface area (Å²) >= 11 is 0. The molecule has 10 heteroatoms. The van der Waals surface area contributed by atoms with Gasteiger partial charge in [-0.25, -0.2) is 9.59 Å². The standard InChI is InChI=1S/C44H51N2O7P/c1-31-22-23-34(33-18-12-9-13-19-33)28-38(31)46(40(47)25-27-54(50,51)26-24-32-16-10-8-11-17-32)39(41(48)52-43(2,3)4)29-35-30-45(42(49)53-44(5,6)7)37-21-15-14-20-36(35)37/h8-23,28,30,39H,24-27,29H2,1-7H3,(H,50,51)/t39-/m0/s1. The average Bonchev–Trinajstić information content (AvgIpc) is 3.48. The molecule has 0 fully saturated rings. The summed E-state index contributed by atoms with van der Waals surface area (Å²) in [5.74, 6) is -1.14. The fourth-order valence-corrected chi connectivity index (χ4v) is 7.71. The zero-order valence-corrected chi connectivity index (χ0v) is 33.1. The summed E-state index contributed by atoms with van der Waals surface area (Å²) in [5.41, 5.74) is 3.45. The summed E-state index contributed by atoms with van der Waals surface area (Å²) in [6.45, 7) is 12.5. The first-order chi connectivity index (χ1) is 25.4. The average molecular weight is 751 g/mol. The Morgan fingerprint density at radius 2 is 1.39 bits per heavy atom. The molecule has 4 aromatic carbocycles. The molecule has 0 aliphatic heterocycles. The lowest BCUT2D eigenvalue weighted by Gasteiger charge is -2.34. The van der Waals surface area contributed by atoms with Gasteiger partial charge in [0.25, 0.3) is 0 Å². The van der Waals surface area contributed by atoms with Crippen molar-refractivity contribution in [3.8, 4) is 11.1 Å². The number of hydrogen-bond acceptors (Lipinski definition) is 6. The summed E-state index contributed by atoms with van der Waals surface area (Å²) < 4.78 is 26.6. The molecule has 1 aromatic heterocycles. The number of anilines is 1. The number of rotatable bonds is 12. The second-order valence-electron chi connectivity index (χ2n) is 15.7. The first-order valence-corrected chi connectivity index (χ1v) is 20.3. The molecule has 1 heterocycles. The summed E-state index contributed by atoms with van der Waals surface area (Å²) in [6.07, 6.45) is 0.933. The van der Waals surface area contributed by atoms with Gasteiger partial charge in [-0.15, -0.1) is 0 Å². The van der Waals surface area contributed by atoms with Gasteiger partial charge >= 0.3 is 12.1 Å². The third-order valence-corrected chi connectivity index (χ3v) is 10.7. The monoisotopic (exact) mass is 750 g/mol. The number of benzene rings is 4. The highest BCUT2D eigenvalue weighted by Crippen LogP contribution is 2.42. The van der Waals surface area contributed by atoms with Crippen LogP contribution in [0.25, 0.3) is 22.0 Å². The topological polar surface area (TPSA) is 115 Å². The molecule has 5 rings (SSSR count). The van der Waals surface area contributed by atoms with E-state index < -0.39 is 42.6 Å². The van der Waals surface area contributed by atoms with Crippen LogP contribution in [0.15, 0.2) is 109 Å². The fraction of sp³-hybridized carbons (Fsp3) is 0.341. The third-order valence-electron chi connectivity index (χ3n) is 8.90. The Hall–Kier alpha value is -4.98. The van der Waals surface area contributed by atoms with Crippen LogP contribution in [0.2, 0.25) is 0 Å². The van der Waals surface area contributed by atoms with Crippen LogP contribution in [0.4, 0.5) is 10.5 Å². The molecular weight excluding hydrogens is 699 g/mol. The van der Waals surface area contributed by atoms with Crippen LogP contribution in [0.3, 0.4) is 0 Å². The van der Waals surface area contributed by atoms with Gasteiger partial charge in [0, 0.05) is 42.4 Å². The number of carbonyl (C=O) groups is 3. The molecule has 284 valence electrons. The van der Waals surface area contributed by atoms with Crippen molar-refractivity contribution in [3.63, 3.8) is 0 Å². The van der Waals surface area contributed by atoms with Gasteiger partial charge in [0.1, 0.15) is 17.2 Å². The minimum Gasteiger partial charge on any atom is -0.458 e. The Labute approximate surface area is 318 Å². The van der Waals surface area contributed by atoms with Gasteiger partial charge in [0.2, 0.25) is 13.3 Å². The predicted molar refractivity (Wildman–Crippen MR) is 215 cm³/mol. The van der Waals surface area contributed by atoms with E-state index in [1.54, 1.807) is 53.8 Å². The van der Waals surface area contributed by atoms with E-state index in [-0.39, 0.29) is 25.2 Å². The molecular formula is C44H51N2O7P. The van der Waals surface area contributed by atoms with Crippen molar-refractivity contribution < 1.29 is 33.3 Å². The number of aryl methyl sites for hydroxylation is 2. The molecule has 2 atom stereocenters. The van der Waals surface area contributed by atoms with E-state index in [9.17, 15) is 23.8 Å². The highest BCUT2D eigenvalue weighted by atomic mass is 31.2. The van der Waals surface area contributed by atoms with Crippen LogP contribution >= 0.6 is 7.37 Å². The highest BCUT2D eigenvalue weighted by molar-refractivity contribution is 7.58. The maximum atomic E-state index is 14.7. The molecule has 1 unspecified atom stereocenters. The van der Waals surface area contributed by atoms with Gasteiger partial charge in [-0.1, -0.05) is 91.0 Å². The van der Waals surface area contributed by atoms with Crippen molar-refractivity contribution in [1.29, 1.82) is 0 Å². The predicted octanol–water partition coefficient (Wildman–Crippen LogP) is 9.59. The summed E-state index contributed by atoms with van der Waals surface area (Å²) in [4.78, 5) is 55.1. The van der Waals surface area contributed by atoms with Crippen molar-refractivity contribution in [2.45, 2.75) is 85.0 Å². The molecule has 0 aliphatic rings. The molecule has 0 saturated heterocycles. The van der Waals surface area contributed by atoms with E-state index >= 15 is 0 Å². The molecule has 1 N–H and O–H groups in total. The van der Waals surface area contributed by atoms with Gasteiger partial charge in [0.05, 0.1) is 5.52 Å². The quantitative estimate of drug-likeness (QED) is 0.0998. The maximum absolute atomic E-state index is 14.7. The lowest BCUT2D eigenvalue weighted by Crippen LogP contribution is -2.49. The highest BCUT2D eigenvalue weighted by Gasteiger charge is 2.37. The van der Waals surface area contributed by atoms with Crippen molar-refractivity contribution in [3.05, 3.63) is 126 Å². The van der Waals surface area contributed by atoms with E-state index in [4.69, 9.17) is 9.47 Å². The number of esters is 1. The minimum atomic E-state index is -3.74. The van der Waals surface area contributed by atoms with E-state index in [1.807, 2.05) is 104 Å². The lowest BCUT2D eigenvalue weighted by molar-refractivity contribution is -0.157. The number of para-hydroxylation sites is 1. The largest absolute Gasteiger partial charge is 0.458 e. The SMILES string of the molecule is Cc1ccc(-c2ccccc2)cc1N(C(=O)CCP(=O)(O)CCc1ccccc1)[C@@H](Cc1cn(C(=O)OC(C)(C)C)c2ccccc12)C(=O)OC(C)(C)C. The van der Waals surface area contributed by atoms with Gasteiger partial charge < -0.3 is 14.4 Å². The first-order valence-electron chi connectivity index (χ1n) is 18.3. The van der Waals surface area contributed by atoms with Crippen molar-refractivity contribution in [2.75, 3.05) is 17.2 Å². The molecule has 0 radical (unpaired) electrons. The van der Waals surface area contributed by atoms with Gasteiger partial charge in [-0.3, -0.25) is 18.8 Å². The lowest BCUT2D eigenvalue weighted by atomic mass is 9.98. The Morgan fingerprint density at radius 3 is 2.04 bits per heavy atom. The molecule has 9 nitrogen and oxygen atoms in total. The smallest absolute Gasteiger partial charge is 0.419 e. The minimum absolute atomic E-state index is 0.0171. The Balaban J connectivity index is 1.60. The number of hydrogen-bond donors (Lipinski definition) is 1. The molecule has 0 spiro atoms. The summed E-state index contributed by atoms with van der Waals surface area (Å²) in [6, 6.07) is 31.0. The van der Waals surface area contributed by atoms with E-state index in [2.05, 4.69) is 0 Å². The summed E-state index contributed by atoms with van der Waals surface area (Å²) in [5, 5.41) is 0.708. The van der Waals surface area contributed by atoms with E-state index in [0.29, 0.717) is 28.6 Å². The van der Waals surface area contributed by atoms with Crippen LogP contribution in [-0.2, 0) is 36.5 Å².